The maximum Gasteiger partial charge on any atom is 0.185 e. The number of anilines is 1. The number of nitrogens with zero attached hydrogens (tertiary/aromatic N) is 2. The molecule has 0 saturated heterocycles. The maximum atomic E-state index is 8.77. The van der Waals surface area contributed by atoms with Crippen molar-refractivity contribution < 1.29 is 4.74 Å². The van der Waals surface area contributed by atoms with Crippen molar-refractivity contribution in [3.63, 3.8) is 0 Å². The van der Waals surface area contributed by atoms with E-state index in [4.69, 9.17) is 27.3 Å². The highest BCUT2D eigenvalue weighted by molar-refractivity contribution is 7.16. The molecule has 104 valence electrons. The lowest BCUT2D eigenvalue weighted by Crippen LogP contribution is -2.31. The fourth-order valence-electron chi connectivity index (χ4n) is 2.08. The Hall–Kier alpha value is -0.870. The van der Waals surface area contributed by atoms with Crippen molar-refractivity contribution in [3.05, 3.63) is 10.0 Å². The summed E-state index contributed by atoms with van der Waals surface area (Å²) in [5.41, 5.74) is 5.84. The molecule has 1 aromatic heterocycles. The summed E-state index contributed by atoms with van der Waals surface area (Å²) >= 11 is 7.05. The van der Waals surface area contributed by atoms with Gasteiger partial charge in [-0.1, -0.05) is 22.9 Å². The molecule has 0 radical (unpaired) electrons. The number of ether oxygens (including phenoxy) is 1. The number of rotatable bonds is 5. The molecule has 0 unspecified atom stereocenters. The number of aromatic nitrogens is 1. The van der Waals surface area contributed by atoms with Gasteiger partial charge in [-0.15, -0.1) is 0 Å². The van der Waals surface area contributed by atoms with Gasteiger partial charge in [0.25, 0.3) is 0 Å². The van der Waals surface area contributed by atoms with E-state index in [-0.39, 0.29) is 5.15 Å². The van der Waals surface area contributed by atoms with Crippen LogP contribution in [-0.4, -0.2) is 30.3 Å². The second kappa shape index (κ2) is 7.06. The summed E-state index contributed by atoms with van der Waals surface area (Å²) in [4.78, 5) is 4.49. The molecule has 1 aliphatic rings. The van der Waals surface area contributed by atoms with Gasteiger partial charge in [0.15, 0.2) is 10.3 Å². The van der Waals surface area contributed by atoms with Crippen molar-refractivity contribution >= 4 is 28.1 Å². The zero-order valence-electron chi connectivity index (χ0n) is 10.6. The van der Waals surface area contributed by atoms with Gasteiger partial charge in [0, 0.05) is 12.6 Å². The Bertz CT molecular complexity index is 451. The van der Waals surface area contributed by atoms with Crippen LogP contribution in [0.15, 0.2) is 0 Å². The van der Waals surface area contributed by atoms with Gasteiger partial charge in [0.1, 0.15) is 10.9 Å². The van der Waals surface area contributed by atoms with Crippen LogP contribution in [0.4, 0.5) is 5.13 Å². The minimum absolute atomic E-state index is 0.261. The first-order valence-electron chi connectivity index (χ1n) is 6.36. The Morgan fingerprint density at radius 1 is 1.47 bits per heavy atom. The van der Waals surface area contributed by atoms with E-state index in [1.807, 2.05) is 6.07 Å². The number of hydrogen-bond acceptors (Lipinski definition) is 6. The Labute approximate surface area is 121 Å². The molecule has 0 spiro atoms. The molecule has 0 aromatic carbocycles. The zero-order valence-corrected chi connectivity index (χ0v) is 12.1. The molecule has 5 nitrogen and oxygen atoms in total. The summed E-state index contributed by atoms with van der Waals surface area (Å²) in [6, 6.07) is 2.35. The average molecular weight is 301 g/mol. The molecule has 1 saturated carbocycles. The van der Waals surface area contributed by atoms with E-state index < -0.39 is 0 Å². The van der Waals surface area contributed by atoms with Crippen LogP contribution in [0.25, 0.3) is 0 Å². The molecule has 7 heteroatoms. The third-order valence-corrected chi connectivity index (χ3v) is 4.44. The quantitative estimate of drug-likeness (QED) is 0.816. The lowest BCUT2D eigenvalue weighted by Gasteiger charge is -2.26. The number of nitriles is 1. The first-order chi connectivity index (χ1) is 9.19. The number of halogens is 1. The van der Waals surface area contributed by atoms with Gasteiger partial charge in [0.2, 0.25) is 0 Å². The van der Waals surface area contributed by atoms with Crippen LogP contribution in [0.3, 0.4) is 0 Å². The third kappa shape index (κ3) is 4.32. The average Bonchev–Trinajstić information content (AvgIpc) is 2.77. The maximum absolute atomic E-state index is 8.77. The Morgan fingerprint density at radius 2 is 2.21 bits per heavy atom. The number of hydrogen-bond donors (Lipinski definition) is 2. The normalized spacial score (nSPS) is 23.0. The van der Waals surface area contributed by atoms with Crippen molar-refractivity contribution in [2.75, 3.05) is 18.5 Å². The summed E-state index contributed by atoms with van der Waals surface area (Å²) in [6.07, 6.45) is 4.51. The van der Waals surface area contributed by atoms with E-state index >= 15 is 0 Å². The van der Waals surface area contributed by atoms with Crippen LogP contribution in [0.2, 0.25) is 5.15 Å². The Kier molecular flexibility index (Phi) is 5.40. The zero-order chi connectivity index (χ0) is 13.7. The van der Waals surface area contributed by atoms with E-state index in [2.05, 4.69) is 10.3 Å². The van der Waals surface area contributed by atoms with Gasteiger partial charge in [-0.3, -0.25) is 0 Å². The molecular formula is C12H17ClN4OS. The highest BCUT2D eigenvalue weighted by Crippen LogP contribution is 2.25. The van der Waals surface area contributed by atoms with Crippen LogP contribution in [-0.2, 0) is 4.74 Å². The highest BCUT2D eigenvalue weighted by atomic mass is 35.5. The van der Waals surface area contributed by atoms with Crippen molar-refractivity contribution in [3.8, 4) is 6.07 Å². The van der Waals surface area contributed by atoms with Crippen molar-refractivity contribution in [1.82, 2.24) is 4.98 Å². The van der Waals surface area contributed by atoms with Crippen LogP contribution in [0, 0.1) is 11.3 Å². The summed E-state index contributed by atoms with van der Waals surface area (Å²) in [5.74, 6) is 0. The molecule has 0 amide bonds. The molecule has 1 heterocycles. The topological polar surface area (TPSA) is 84.0 Å². The minimum Gasteiger partial charge on any atom is -0.376 e. The van der Waals surface area contributed by atoms with Crippen LogP contribution in [0.5, 0.6) is 0 Å². The van der Waals surface area contributed by atoms with Gasteiger partial charge in [0.05, 0.1) is 12.7 Å². The number of nitrogens with two attached hydrogens (primary N) is 1. The molecule has 3 N–H and O–H groups in total. The predicted octanol–water partition coefficient (Wildman–Crippen LogP) is 2.37. The fourth-order valence-corrected chi connectivity index (χ4v) is 3.06. The second-order valence-electron chi connectivity index (χ2n) is 4.59. The lowest BCUT2D eigenvalue weighted by atomic mass is 9.94. The lowest BCUT2D eigenvalue weighted by molar-refractivity contribution is 0.0313. The van der Waals surface area contributed by atoms with E-state index in [9.17, 15) is 0 Å². The first-order valence-corrected chi connectivity index (χ1v) is 7.56. The predicted molar refractivity (Wildman–Crippen MR) is 76.5 cm³/mol. The van der Waals surface area contributed by atoms with Crippen LogP contribution in [0.1, 0.15) is 30.6 Å². The number of nitrogens with one attached hydrogen (secondary N) is 1. The molecule has 1 aliphatic carbocycles. The van der Waals surface area contributed by atoms with Gasteiger partial charge in [-0.2, -0.15) is 5.26 Å². The van der Waals surface area contributed by atoms with Crippen molar-refractivity contribution in [2.45, 2.75) is 37.8 Å². The van der Waals surface area contributed by atoms with Gasteiger partial charge in [-0.05, 0) is 25.7 Å². The standard InChI is InChI=1S/C12H17ClN4OS/c13-11-10(7-14)19-12(17-11)16-5-6-18-9-3-1-8(15)2-4-9/h8-9H,1-6,15H2,(H,16,17). The molecule has 0 atom stereocenters. The summed E-state index contributed by atoms with van der Waals surface area (Å²) < 4.78 is 5.78. The van der Waals surface area contributed by atoms with Crippen LogP contribution >= 0.6 is 22.9 Å². The summed E-state index contributed by atoms with van der Waals surface area (Å²) in [7, 11) is 0. The van der Waals surface area contributed by atoms with E-state index in [0.717, 1.165) is 25.7 Å². The van der Waals surface area contributed by atoms with Crippen LogP contribution < -0.4 is 11.1 Å². The van der Waals surface area contributed by atoms with Crippen molar-refractivity contribution in [1.29, 1.82) is 5.26 Å². The largest absolute Gasteiger partial charge is 0.376 e. The molecular weight excluding hydrogens is 284 g/mol. The molecule has 2 rings (SSSR count). The van der Waals surface area contributed by atoms with Crippen molar-refractivity contribution in [2.24, 2.45) is 5.73 Å². The highest BCUT2D eigenvalue weighted by Gasteiger charge is 2.18. The van der Waals surface area contributed by atoms with Gasteiger partial charge < -0.3 is 15.8 Å². The second-order valence-corrected chi connectivity index (χ2v) is 5.94. The molecule has 19 heavy (non-hydrogen) atoms. The SMILES string of the molecule is N#Cc1sc(NCCOC2CCC(N)CC2)nc1Cl. The van der Waals surface area contributed by atoms with E-state index in [1.165, 1.54) is 11.3 Å². The van der Waals surface area contributed by atoms with Gasteiger partial charge >= 0.3 is 0 Å². The molecule has 0 aliphatic heterocycles. The van der Waals surface area contributed by atoms with E-state index in [1.54, 1.807) is 0 Å². The third-order valence-electron chi connectivity index (χ3n) is 3.14. The monoisotopic (exact) mass is 300 g/mol. The number of thiazole rings is 1. The first kappa shape index (κ1) is 14.5. The summed E-state index contributed by atoms with van der Waals surface area (Å²) in [5, 5.41) is 12.8. The summed E-state index contributed by atoms with van der Waals surface area (Å²) in [6.45, 7) is 1.29. The van der Waals surface area contributed by atoms with E-state index in [0.29, 0.717) is 35.3 Å². The molecule has 1 fully saturated rings. The fraction of sp³-hybridized carbons (Fsp3) is 0.667. The molecule has 1 aromatic rings. The Morgan fingerprint density at radius 3 is 2.84 bits per heavy atom. The smallest absolute Gasteiger partial charge is 0.185 e. The van der Waals surface area contributed by atoms with Gasteiger partial charge in [-0.25, -0.2) is 4.98 Å². The molecule has 0 bridgehead atoms. The minimum atomic E-state index is 0.261. The Balaban J connectivity index is 1.65.